The van der Waals surface area contributed by atoms with Crippen molar-refractivity contribution in [2.45, 2.75) is 46.3 Å². The van der Waals surface area contributed by atoms with Crippen LogP contribution in [0.3, 0.4) is 0 Å². The van der Waals surface area contributed by atoms with E-state index in [0.717, 1.165) is 17.7 Å². The second-order valence-corrected chi connectivity index (χ2v) is 5.58. The zero-order valence-electron chi connectivity index (χ0n) is 12.6. The monoisotopic (exact) mass is 263 g/mol. The van der Waals surface area contributed by atoms with Gasteiger partial charge in [0, 0.05) is 25.8 Å². The summed E-state index contributed by atoms with van der Waals surface area (Å²) >= 11 is 0. The summed E-state index contributed by atoms with van der Waals surface area (Å²) in [6, 6.07) is 4.08. The molecule has 0 radical (unpaired) electrons. The van der Waals surface area contributed by atoms with Gasteiger partial charge < -0.3 is 15.0 Å². The molecule has 0 aromatic carbocycles. The van der Waals surface area contributed by atoms with Crippen LogP contribution in [0.2, 0.25) is 0 Å². The Balaban J connectivity index is 2.62. The molecule has 19 heavy (non-hydrogen) atoms. The summed E-state index contributed by atoms with van der Waals surface area (Å²) in [4.78, 5) is 0. The molecule has 1 aromatic rings. The predicted octanol–water partition coefficient (Wildman–Crippen LogP) is 2.09. The van der Waals surface area contributed by atoms with Crippen molar-refractivity contribution in [2.75, 3.05) is 6.54 Å². The number of rotatable bonds is 6. The van der Waals surface area contributed by atoms with Crippen molar-refractivity contribution in [3.05, 3.63) is 23.0 Å². The molecule has 2 unspecified atom stereocenters. The van der Waals surface area contributed by atoms with E-state index in [1.165, 1.54) is 0 Å². The van der Waals surface area contributed by atoms with E-state index in [4.69, 9.17) is 5.26 Å². The summed E-state index contributed by atoms with van der Waals surface area (Å²) < 4.78 is 1.89. The molecule has 0 fully saturated rings. The number of nitriles is 1. The van der Waals surface area contributed by atoms with Gasteiger partial charge in [-0.2, -0.15) is 5.26 Å². The highest BCUT2D eigenvalue weighted by molar-refractivity contribution is 5.34. The van der Waals surface area contributed by atoms with Crippen molar-refractivity contribution in [1.29, 1.82) is 5.26 Å². The van der Waals surface area contributed by atoms with Gasteiger partial charge in [-0.25, -0.2) is 0 Å². The Labute approximate surface area is 116 Å². The molecule has 0 bridgehead atoms. The molecule has 1 aromatic heterocycles. The molecular formula is C15H25N3O. The molecular weight excluding hydrogens is 238 g/mol. The second kappa shape index (κ2) is 6.23. The van der Waals surface area contributed by atoms with Crippen LogP contribution in [0.15, 0.2) is 6.07 Å². The minimum absolute atomic E-state index is 0.256. The van der Waals surface area contributed by atoms with E-state index >= 15 is 0 Å². The molecule has 0 spiro atoms. The standard InChI is InChI=1S/C15H25N3O/c1-6-11(2)15(4,19)10-17-9-13-7-14(8-16)18(5)12(13)3/h7,11,17,19H,6,9-10H2,1-5H3. The zero-order valence-corrected chi connectivity index (χ0v) is 12.6. The summed E-state index contributed by atoms with van der Waals surface area (Å²) in [7, 11) is 1.90. The highest BCUT2D eigenvalue weighted by Crippen LogP contribution is 2.19. The van der Waals surface area contributed by atoms with Crippen LogP contribution in [0.1, 0.15) is 44.1 Å². The molecule has 1 rings (SSSR count). The van der Waals surface area contributed by atoms with Gasteiger partial charge in [-0.1, -0.05) is 20.3 Å². The lowest BCUT2D eigenvalue weighted by molar-refractivity contribution is 0.00534. The van der Waals surface area contributed by atoms with E-state index in [1.807, 2.05) is 31.5 Å². The summed E-state index contributed by atoms with van der Waals surface area (Å²) in [5.41, 5.74) is 2.17. The van der Waals surface area contributed by atoms with Gasteiger partial charge in [0.2, 0.25) is 0 Å². The summed E-state index contributed by atoms with van der Waals surface area (Å²) in [6.07, 6.45) is 0.956. The average molecular weight is 263 g/mol. The largest absolute Gasteiger partial charge is 0.389 e. The van der Waals surface area contributed by atoms with Crippen LogP contribution in [0.25, 0.3) is 0 Å². The Bertz CT molecular complexity index is 468. The van der Waals surface area contributed by atoms with Crippen LogP contribution >= 0.6 is 0 Å². The first-order valence-electron chi connectivity index (χ1n) is 6.81. The van der Waals surface area contributed by atoms with Crippen molar-refractivity contribution >= 4 is 0 Å². The first kappa shape index (κ1) is 15.7. The van der Waals surface area contributed by atoms with Crippen molar-refractivity contribution in [2.24, 2.45) is 13.0 Å². The molecule has 106 valence electrons. The first-order valence-corrected chi connectivity index (χ1v) is 6.81. The molecule has 4 heteroatoms. The maximum absolute atomic E-state index is 10.3. The third-order valence-corrected chi connectivity index (χ3v) is 4.23. The number of aliphatic hydroxyl groups is 1. The molecule has 2 atom stereocenters. The van der Waals surface area contributed by atoms with E-state index in [0.29, 0.717) is 18.8 Å². The van der Waals surface area contributed by atoms with Crippen molar-refractivity contribution in [1.82, 2.24) is 9.88 Å². The van der Waals surface area contributed by atoms with Crippen molar-refractivity contribution in [3.8, 4) is 6.07 Å². The van der Waals surface area contributed by atoms with Gasteiger partial charge in [0.1, 0.15) is 11.8 Å². The van der Waals surface area contributed by atoms with E-state index < -0.39 is 5.60 Å². The molecule has 2 N–H and O–H groups in total. The SMILES string of the molecule is CCC(C)C(C)(O)CNCc1cc(C#N)n(C)c1C. The van der Waals surface area contributed by atoms with Gasteiger partial charge in [0.05, 0.1) is 5.60 Å². The minimum Gasteiger partial charge on any atom is -0.389 e. The topological polar surface area (TPSA) is 61.0 Å². The third kappa shape index (κ3) is 3.59. The molecule has 0 aliphatic carbocycles. The smallest absolute Gasteiger partial charge is 0.120 e. The molecule has 0 aliphatic heterocycles. The fourth-order valence-corrected chi connectivity index (χ4v) is 2.11. The fourth-order valence-electron chi connectivity index (χ4n) is 2.11. The van der Waals surface area contributed by atoms with Crippen LogP contribution in [0.4, 0.5) is 0 Å². The van der Waals surface area contributed by atoms with E-state index in [9.17, 15) is 5.11 Å². The highest BCUT2D eigenvalue weighted by atomic mass is 16.3. The van der Waals surface area contributed by atoms with Crippen LogP contribution in [-0.4, -0.2) is 21.8 Å². The van der Waals surface area contributed by atoms with Gasteiger partial charge >= 0.3 is 0 Å². The van der Waals surface area contributed by atoms with Crippen LogP contribution < -0.4 is 5.32 Å². The van der Waals surface area contributed by atoms with E-state index in [-0.39, 0.29) is 5.92 Å². The Kier molecular flexibility index (Phi) is 5.16. The summed E-state index contributed by atoms with van der Waals surface area (Å²) in [5.74, 6) is 0.256. The van der Waals surface area contributed by atoms with Crippen LogP contribution in [0.5, 0.6) is 0 Å². The number of nitrogens with zero attached hydrogens (tertiary/aromatic N) is 2. The fraction of sp³-hybridized carbons (Fsp3) is 0.667. The van der Waals surface area contributed by atoms with Gasteiger partial charge in [0.25, 0.3) is 0 Å². The number of nitrogens with one attached hydrogen (secondary N) is 1. The van der Waals surface area contributed by atoms with Gasteiger partial charge in [-0.05, 0) is 31.4 Å². The molecule has 4 nitrogen and oxygen atoms in total. The lowest BCUT2D eigenvalue weighted by Gasteiger charge is -2.30. The van der Waals surface area contributed by atoms with Crippen LogP contribution in [-0.2, 0) is 13.6 Å². The number of aromatic nitrogens is 1. The maximum atomic E-state index is 10.3. The maximum Gasteiger partial charge on any atom is 0.120 e. The van der Waals surface area contributed by atoms with Crippen molar-refractivity contribution in [3.63, 3.8) is 0 Å². The average Bonchev–Trinajstić information content (AvgIpc) is 2.65. The molecule has 0 amide bonds. The highest BCUT2D eigenvalue weighted by Gasteiger charge is 2.26. The second-order valence-electron chi connectivity index (χ2n) is 5.58. The quantitative estimate of drug-likeness (QED) is 0.826. The van der Waals surface area contributed by atoms with E-state index in [1.54, 1.807) is 0 Å². The molecule has 0 saturated carbocycles. The summed E-state index contributed by atoms with van der Waals surface area (Å²) in [5, 5.41) is 22.6. The summed E-state index contributed by atoms with van der Waals surface area (Å²) in [6.45, 7) is 9.24. The van der Waals surface area contributed by atoms with E-state index in [2.05, 4.69) is 25.2 Å². The Hall–Kier alpha value is -1.31. The molecule has 0 aliphatic rings. The zero-order chi connectivity index (χ0) is 14.6. The Morgan fingerprint density at radius 1 is 1.58 bits per heavy atom. The normalized spacial score (nSPS) is 15.8. The van der Waals surface area contributed by atoms with Gasteiger partial charge in [-0.15, -0.1) is 0 Å². The Morgan fingerprint density at radius 2 is 2.21 bits per heavy atom. The molecule has 1 heterocycles. The predicted molar refractivity (Wildman–Crippen MR) is 76.7 cm³/mol. The number of hydrogen-bond acceptors (Lipinski definition) is 3. The first-order chi connectivity index (χ1) is 8.83. The lowest BCUT2D eigenvalue weighted by atomic mass is 9.88. The van der Waals surface area contributed by atoms with Gasteiger partial charge in [0.15, 0.2) is 0 Å². The Morgan fingerprint density at radius 3 is 2.68 bits per heavy atom. The third-order valence-electron chi connectivity index (χ3n) is 4.23. The molecule has 0 saturated heterocycles. The number of hydrogen-bond donors (Lipinski definition) is 2. The van der Waals surface area contributed by atoms with Gasteiger partial charge in [-0.3, -0.25) is 0 Å². The van der Waals surface area contributed by atoms with Crippen LogP contribution in [0, 0.1) is 24.2 Å². The van der Waals surface area contributed by atoms with Crippen molar-refractivity contribution < 1.29 is 5.11 Å². The lowest BCUT2D eigenvalue weighted by Crippen LogP contribution is -2.42. The minimum atomic E-state index is -0.699.